The second-order valence-corrected chi connectivity index (χ2v) is 6.71. The first-order valence-electron chi connectivity index (χ1n) is 7.83. The number of carbonyl (C=O) groups is 2. The number of amides is 1. The number of carbonyl (C=O) groups excluding carboxylic acids is 1. The number of halogens is 1. The van der Waals surface area contributed by atoms with Crippen molar-refractivity contribution < 1.29 is 14.7 Å². The Morgan fingerprint density at radius 1 is 1.12 bits per heavy atom. The maximum atomic E-state index is 12.3. The largest absolute Gasteiger partial charge is 0.480 e. The fourth-order valence-electron chi connectivity index (χ4n) is 2.74. The lowest BCUT2D eigenvalue weighted by Crippen LogP contribution is -2.43. The van der Waals surface area contributed by atoms with E-state index in [1.165, 1.54) is 0 Å². The van der Waals surface area contributed by atoms with Gasteiger partial charge in [-0.25, -0.2) is 4.79 Å². The molecule has 0 saturated carbocycles. The van der Waals surface area contributed by atoms with E-state index in [0.717, 1.165) is 20.9 Å². The van der Waals surface area contributed by atoms with Gasteiger partial charge >= 0.3 is 5.97 Å². The molecule has 3 aromatic rings. The Kier molecular flexibility index (Phi) is 5.19. The molecule has 2 N–H and O–H groups in total. The van der Waals surface area contributed by atoms with E-state index in [9.17, 15) is 14.7 Å². The fraction of sp³-hybridized carbons (Fsp3) is 0.158. The van der Waals surface area contributed by atoms with Crippen molar-refractivity contribution in [2.24, 2.45) is 0 Å². The Bertz CT molecular complexity index is 905. The summed E-state index contributed by atoms with van der Waals surface area (Å²) in [6.45, 7) is 0.0680. The summed E-state index contributed by atoms with van der Waals surface area (Å²) in [5.74, 6) is -1.38. The predicted molar refractivity (Wildman–Crippen MR) is 99.4 cm³/mol. The average Bonchev–Trinajstić information content (AvgIpc) is 2.97. The van der Waals surface area contributed by atoms with Crippen molar-refractivity contribution in [2.45, 2.75) is 19.0 Å². The Morgan fingerprint density at radius 3 is 2.60 bits per heavy atom. The molecule has 3 rings (SSSR count). The van der Waals surface area contributed by atoms with Crippen LogP contribution in [0.25, 0.3) is 10.9 Å². The highest BCUT2D eigenvalue weighted by molar-refractivity contribution is 9.10. The zero-order chi connectivity index (χ0) is 17.8. The highest BCUT2D eigenvalue weighted by atomic mass is 79.9. The number of aliphatic carboxylic acids is 1. The van der Waals surface area contributed by atoms with E-state index in [-0.39, 0.29) is 18.9 Å². The van der Waals surface area contributed by atoms with E-state index >= 15 is 0 Å². The highest BCUT2D eigenvalue weighted by Gasteiger charge is 2.20. The molecular weight excluding hydrogens is 384 g/mol. The Morgan fingerprint density at radius 2 is 1.88 bits per heavy atom. The van der Waals surface area contributed by atoms with E-state index in [2.05, 4.69) is 21.2 Å². The number of carboxylic acid groups (broad SMARTS) is 1. The maximum absolute atomic E-state index is 12.3. The normalized spacial score (nSPS) is 12.0. The lowest BCUT2D eigenvalue weighted by atomic mass is 10.1. The third kappa shape index (κ3) is 4.28. The predicted octanol–water partition coefficient (Wildman–Crippen LogP) is 3.22. The first-order chi connectivity index (χ1) is 12.0. The third-order valence-corrected chi connectivity index (χ3v) is 4.46. The van der Waals surface area contributed by atoms with Crippen molar-refractivity contribution in [3.8, 4) is 0 Å². The van der Waals surface area contributed by atoms with Gasteiger partial charge in [-0.05, 0) is 29.1 Å². The molecule has 1 aromatic heterocycles. The molecule has 0 saturated heterocycles. The summed E-state index contributed by atoms with van der Waals surface area (Å²) in [7, 11) is 0. The van der Waals surface area contributed by atoms with E-state index in [1.54, 1.807) is 4.57 Å². The number of hydrogen-bond donors (Lipinski definition) is 2. The van der Waals surface area contributed by atoms with Gasteiger partial charge in [0, 0.05) is 22.6 Å². The van der Waals surface area contributed by atoms with Gasteiger partial charge in [0.2, 0.25) is 5.91 Å². The van der Waals surface area contributed by atoms with Crippen molar-refractivity contribution >= 4 is 38.7 Å². The molecule has 0 aliphatic rings. The standard InChI is InChI=1S/C19H17BrN2O3/c20-15-7-6-14-8-9-22(17(14)11-15)12-18(23)21-16(19(24)25)10-13-4-2-1-3-5-13/h1-9,11,16H,10,12H2,(H,21,23)(H,24,25)/t16-/m0/s1. The van der Waals surface area contributed by atoms with Crippen molar-refractivity contribution in [3.63, 3.8) is 0 Å². The maximum Gasteiger partial charge on any atom is 0.326 e. The molecule has 0 radical (unpaired) electrons. The van der Waals surface area contributed by atoms with Gasteiger partial charge in [0.1, 0.15) is 12.6 Å². The summed E-state index contributed by atoms with van der Waals surface area (Å²) in [4.78, 5) is 23.8. The molecule has 0 fully saturated rings. The molecule has 1 atom stereocenters. The van der Waals surface area contributed by atoms with Crippen molar-refractivity contribution in [1.29, 1.82) is 0 Å². The summed E-state index contributed by atoms with van der Waals surface area (Å²) >= 11 is 3.42. The molecule has 5 nitrogen and oxygen atoms in total. The summed E-state index contributed by atoms with van der Waals surface area (Å²) in [5, 5.41) is 13.0. The Hall–Kier alpha value is -2.60. The fourth-order valence-corrected chi connectivity index (χ4v) is 3.09. The minimum Gasteiger partial charge on any atom is -0.480 e. The first-order valence-corrected chi connectivity index (χ1v) is 8.63. The number of aromatic nitrogens is 1. The number of benzene rings is 2. The van der Waals surface area contributed by atoms with Crippen molar-refractivity contribution in [2.75, 3.05) is 0 Å². The van der Waals surface area contributed by atoms with Crippen LogP contribution < -0.4 is 5.32 Å². The van der Waals surface area contributed by atoms with Crippen LogP contribution in [0.3, 0.4) is 0 Å². The van der Waals surface area contributed by atoms with Gasteiger partial charge in [-0.2, -0.15) is 0 Å². The molecule has 0 unspecified atom stereocenters. The quantitative estimate of drug-likeness (QED) is 0.667. The van der Waals surface area contributed by atoms with Crippen LogP contribution in [0.4, 0.5) is 0 Å². The highest BCUT2D eigenvalue weighted by Crippen LogP contribution is 2.20. The number of hydrogen-bond acceptors (Lipinski definition) is 2. The Balaban J connectivity index is 1.71. The minimum atomic E-state index is -1.04. The van der Waals surface area contributed by atoms with E-state index in [1.807, 2.05) is 60.8 Å². The molecule has 1 amide bonds. The van der Waals surface area contributed by atoms with E-state index in [4.69, 9.17) is 0 Å². The first kappa shape index (κ1) is 17.2. The van der Waals surface area contributed by atoms with Crippen molar-refractivity contribution in [1.82, 2.24) is 9.88 Å². The van der Waals surface area contributed by atoms with Gasteiger partial charge in [0.05, 0.1) is 0 Å². The van der Waals surface area contributed by atoms with E-state index < -0.39 is 12.0 Å². The smallest absolute Gasteiger partial charge is 0.326 e. The summed E-state index contributed by atoms with van der Waals surface area (Å²) in [6.07, 6.45) is 2.07. The van der Waals surface area contributed by atoms with Crippen LogP contribution in [0.2, 0.25) is 0 Å². The molecule has 0 aliphatic carbocycles. The summed E-state index contributed by atoms with van der Waals surface area (Å²) in [6, 6.07) is 16.1. The zero-order valence-corrected chi connectivity index (χ0v) is 14.9. The van der Waals surface area contributed by atoms with Gasteiger partial charge in [-0.1, -0.05) is 52.3 Å². The zero-order valence-electron chi connectivity index (χ0n) is 13.4. The molecule has 0 spiro atoms. The average molecular weight is 401 g/mol. The summed E-state index contributed by atoms with van der Waals surface area (Å²) < 4.78 is 2.73. The van der Waals surface area contributed by atoms with Gasteiger partial charge < -0.3 is 15.0 Å². The van der Waals surface area contributed by atoms with Gasteiger partial charge in [0.15, 0.2) is 0 Å². The van der Waals surface area contributed by atoms with Crippen LogP contribution in [-0.2, 0) is 22.6 Å². The molecule has 0 bridgehead atoms. The van der Waals surface area contributed by atoms with Gasteiger partial charge in [0.25, 0.3) is 0 Å². The molecule has 128 valence electrons. The van der Waals surface area contributed by atoms with Gasteiger partial charge in [-0.3, -0.25) is 4.79 Å². The minimum absolute atomic E-state index is 0.0680. The number of carboxylic acids is 1. The number of rotatable bonds is 6. The van der Waals surface area contributed by atoms with E-state index in [0.29, 0.717) is 0 Å². The SMILES string of the molecule is O=C(Cn1ccc2ccc(Br)cc21)N[C@@H](Cc1ccccc1)C(=O)O. The summed E-state index contributed by atoms with van der Waals surface area (Å²) in [5.41, 5.74) is 1.78. The van der Waals surface area contributed by atoms with Crippen molar-refractivity contribution in [3.05, 3.63) is 70.8 Å². The second kappa shape index (κ2) is 7.53. The van der Waals surface area contributed by atoms with Crippen LogP contribution >= 0.6 is 15.9 Å². The molecule has 25 heavy (non-hydrogen) atoms. The molecular formula is C19H17BrN2O3. The van der Waals surface area contributed by atoms with Crippen LogP contribution in [0, 0.1) is 0 Å². The lowest BCUT2D eigenvalue weighted by Gasteiger charge is -2.15. The number of fused-ring (bicyclic) bond motifs is 1. The van der Waals surface area contributed by atoms with Crippen LogP contribution in [0.5, 0.6) is 0 Å². The molecule has 6 heteroatoms. The molecule has 2 aromatic carbocycles. The molecule has 0 aliphatic heterocycles. The van der Waals surface area contributed by atoms with Crippen LogP contribution in [0.15, 0.2) is 65.3 Å². The lowest BCUT2D eigenvalue weighted by molar-refractivity contribution is -0.141. The third-order valence-electron chi connectivity index (χ3n) is 3.97. The second-order valence-electron chi connectivity index (χ2n) is 5.79. The van der Waals surface area contributed by atoms with Crippen LogP contribution in [-0.4, -0.2) is 27.6 Å². The number of nitrogens with zero attached hydrogens (tertiary/aromatic N) is 1. The van der Waals surface area contributed by atoms with Gasteiger partial charge in [-0.15, -0.1) is 0 Å². The Labute approximate surface area is 153 Å². The number of nitrogens with one attached hydrogen (secondary N) is 1. The van der Waals surface area contributed by atoms with Crippen LogP contribution in [0.1, 0.15) is 5.56 Å². The topological polar surface area (TPSA) is 71.3 Å². The molecule has 1 heterocycles. The monoisotopic (exact) mass is 400 g/mol.